The van der Waals surface area contributed by atoms with Gasteiger partial charge in [-0.2, -0.15) is 0 Å². The van der Waals surface area contributed by atoms with Gasteiger partial charge in [0.15, 0.2) is 0 Å². The maximum atomic E-state index is 3.55. The normalized spacial score (nSPS) is 12.5. The van der Waals surface area contributed by atoms with Crippen molar-refractivity contribution in [2.75, 3.05) is 19.6 Å². The van der Waals surface area contributed by atoms with Crippen LogP contribution in [0.25, 0.3) is 0 Å². The lowest BCUT2D eigenvalue weighted by atomic mass is 10.1. The molecule has 19 heavy (non-hydrogen) atoms. The number of benzene rings is 1. The van der Waals surface area contributed by atoms with Crippen LogP contribution in [0.5, 0.6) is 0 Å². The Morgan fingerprint density at radius 3 is 2.37 bits per heavy atom. The van der Waals surface area contributed by atoms with E-state index >= 15 is 0 Å². The molecule has 0 amide bonds. The second kappa shape index (κ2) is 11.0. The Balaban J connectivity index is 1.93. The molecular weight excluding hydrogens is 232 g/mol. The van der Waals surface area contributed by atoms with Crippen LogP contribution in [0, 0.1) is 0 Å². The van der Waals surface area contributed by atoms with Crippen LogP contribution in [0.2, 0.25) is 0 Å². The molecule has 0 radical (unpaired) electrons. The van der Waals surface area contributed by atoms with E-state index in [0.29, 0.717) is 6.04 Å². The molecule has 0 aliphatic heterocycles. The van der Waals surface area contributed by atoms with Crippen LogP contribution in [0.15, 0.2) is 30.3 Å². The maximum absolute atomic E-state index is 3.55. The van der Waals surface area contributed by atoms with Crippen LogP contribution in [0.1, 0.15) is 57.6 Å². The molecule has 1 atom stereocenters. The number of hydrogen-bond donors (Lipinski definition) is 2. The summed E-state index contributed by atoms with van der Waals surface area (Å²) in [6.07, 6.45) is 6.79. The molecule has 0 aromatic heterocycles. The number of rotatable bonds is 11. The molecular formula is C17H30N2. The van der Waals surface area contributed by atoms with Crippen molar-refractivity contribution in [2.24, 2.45) is 0 Å². The first-order chi connectivity index (χ1) is 9.34. The highest BCUT2D eigenvalue weighted by atomic mass is 15.0. The Hall–Kier alpha value is -0.860. The van der Waals surface area contributed by atoms with Gasteiger partial charge in [-0.05, 0) is 25.5 Å². The average molecular weight is 262 g/mol. The predicted octanol–water partition coefficient (Wildman–Crippen LogP) is 3.90. The number of unbranched alkanes of at least 4 members (excludes halogenated alkanes) is 4. The summed E-state index contributed by atoms with van der Waals surface area (Å²) in [5.74, 6) is 0. The maximum Gasteiger partial charge on any atom is 0.0292 e. The monoisotopic (exact) mass is 262 g/mol. The van der Waals surface area contributed by atoms with Crippen LogP contribution in [0.4, 0.5) is 0 Å². The molecule has 0 heterocycles. The Morgan fingerprint density at radius 1 is 0.895 bits per heavy atom. The smallest absolute Gasteiger partial charge is 0.0292 e. The third-order valence-electron chi connectivity index (χ3n) is 3.51. The second-order valence-electron chi connectivity index (χ2n) is 5.25. The molecule has 1 unspecified atom stereocenters. The first-order valence-electron chi connectivity index (χ1n) is 7.83. The highest BCUT2D eigenvalue weighted by molar-refractivity contribution is 5.17. The van der Waals surface area contributed by atoms with Crippen molar-refractivity contribution in [3.63, 3.8) is 0 Å². The minimum Gasteiger partial charge on any atom is -0.315 e. The first-order valence-corrected chi connectivity index (χ1v) is 7.83. The Morgan fingerprint density at radius 2 is 1.63 bits per heavy atom. The Kier molecular flexibility index (Phi) is 9.38. The van der Waals surface area contributed by atoms with Gasteiger partial charge in [0, 0.05) is 19.1 Å². The van der Waals surface area contributed by atoms with Gasteiger partial charge in [-0.3, -0.25) is 0 Å². The number of nitrogens with one attached hydrogen (secondary N) is 2. The van der Waals surface area contributed by atoms with Crippen molar-refractivity contribution in [2.45, 2.75) is 52.0 Å². The standard InChI is InChI=1S/C17H30N2/c1-3-4-5-6-10-13-18-14-15-19-16(2)17-11-8-7-9-12-17/h7-9,11-12,16,18-19H,3-6,10,13-15H2,1-2H3. The van der Waals surface area contributed by atoms with Gasteiger partial charge < -0.3 is 10.6 Å². The minimum atomic E-state index is 0.438. The summed E-state index contributed by atoms with van der Waals surface area (Å²) in [4.78, 5) is 0. The van der Waals surface area contributed by atoms with Gasteiger partial charge in [-0.15, -0.1) is 0 Å². The fourth-order valence-electron chi connectivity index (χ4n) is 2.22. The molecule has 1 aromatic rings. The van der Waals surface area contributed by atoms with E-state index < -0.39 is 0 Å². The van der Waals surface area contributed by atoms with Crippen molar-refractivity contribution < 1.29 is 0 Å². The zero-order valence-electron chi connectivity index (χ0n) is 12.6. The van der Waals surface area contributed by atoms with Crippen LogP contribution in [-0.2, 0) is 0 Å². The summed E-state index contributed by atoms with van der Waals surface area (Å²) in [6.45, 7) is 7.74. The third-order valence-corrected chi connectivity index (χ3v) is 3.51. The Labute approximate surface area is 119 Å². The lowest BCUT2D eigenvalue weighted by Crippen LogP contribution is -2.29. The van der Waals surface area contributed by atoms with Gasteiger partial charge in [0.1, 0.15) is 0 Å². The van der Waals surface area contributed by atoms with Crippen molar-refractivity contribution in [3.8, 4) is 0 Å². The highest BCUT2D eigenvalue weighted by Crippen LogP contribution is 2.10. The van der Waals surface area contributed by atoms with Crippen LogP contribution < -0.4 is 10.6 Å². The molecule has 0 aliphatic rings. The summed E-state index contributed by atoms with van der Waals surface area (Å²) in [6, 6.07) is 11.1. The fourth-order valence-corrected chi connectivity index (χ4v) is 2.22. The summed E-state index contributed by atoms with van der Waals surface area (Å²) in [5, 5.41) is 7.05. The van der Waals surface area contributed by atoms with Crippen molar-refractivity contribution >= 4 is 0 Å². The van der Waals surface area contributed by atoms with E-state index in [2.05, 4.69) is 54.8 Å². The fraction of sp³-hybridized carbons (Fsp3) is 0.647. The molecule has 108 valence electrons. The average Bonchev–Trinajstić information content (AvgIpc) is 2.46. The van der Waals surface area contributed by atoms with Gasteiger partial charge in [-0.1, -0.05) is 62.9 Å². The largest absolute Gasteiger partial charge is 0.315 e. The van der Waals surface area contributed by atoms with Gasteiger partial charge in [0.05, 0.1) is 0 Å². The van der Waals surface area contributed by atoms with Crippen molar-refractivity contribution in [3.05, 3.63) is 35.9 Å². The van der Waals surface area contributed by atoms with E-state index in [1.165, 1.54) is 37.7 Å². The summed E-state index contributed by atoms with van der Waals surface area (Å²) in [7, 11) is 0. The minimum absolute atomic E-state index is 0.438. The lowest BCUT2D eigenvalue weighted by Gasteiger charge is -2.14. The van der Waals surface area contributed by atoms with Gasteiger partial charge in [-0.25, -0.2) is 0 Å². The molecule has 0 fully saturated rings. The summed E-state index contributed by atoms with van der Waals surface area (Å²) < 4.78 is 0. The van der Waals surface area contributed by atoms with Gasteiger partial charge >= 0.3 is 0 Å². The molecule has 2 N–H and O–H groups in total. The molecule has 0 aliphatic carbocycles. The zero-order valence-corrected chi connectivity index (χ0v) is 12.6. The van der Waals surface area contributed by atoms with E-state index in [-0.39, 0.29) is 0 Å². The SMILES string of the molecule is CCCCCCCNCCNC(C)c1ccccc1. The lowest BCUT2D eigenvalue weighted by molar-refractivity contribution is 0.530. The van der Waals surface area contributed by atoms with E-state index in [1.54, 1.807) is 0 Å². The van der Waals surface area contributed by atoms with Crippen LogP contribution in [0.3, 0.4) is 0 Å². The summed E-state index contributed by atoms with van der Waals surface area (Å²) in [5.41, 5.74) is 1.36. The van der Waals surface area contributed by atoms with Crippen molar-refractivity contribution in [1.29, 1.82) is 0 Å². The van der Waals surface area contributed by atoms with Crippen LogP contribution >= 0.6 is 0 Å². The van der Waals surface area contributed by atoms with E-state index in [0.717, 1.165) is 19.6 Å². The van der Waals surface area contributed by atoms with Gasteiger partial charge in [0.25, 0.3) is 0 Å². The molecule has 0 saturated heterocycles. The summed E-state index contributed by atoms with van der Waals surface area (Å²) >= 11 is 0. The van der Waals surface area contributed by atoms with E-state index in [1.807, 2.05) is 0 Å². The first kappa shape index (κ1) is 16.2. The topological polar surface area (TPSA) is 24.1 Å². The Bertz CT molecular complexity index is 297. The molecule has 1 aromatic carbocycles. The molecule has 0 saturated carbocycles. The second-order valence-corrected chi connectivity index (χ2v) is 5.25. The van der Waals surface area contributed by atoms with E-state index in [9.17, 15) is 0 Å². The quantitative estimate of drug-likeness (QED) is 0.591. The molecule has 2 heteroatoms. The number of hydrogen-bond acceptors (Lipinski definition) is 2. The molecule has 1 rings (SSSR count). The molecule has 0 bridgehead atoms. The van der Waals surface area contributed by atoms with Gasteiger partial charge in [0.2, 0.25) is 0 Å². The van der Waals surface area contributed by atoms with E-state index in [4.69, 9.17) is 0 Å². The van der Waals surface area contributed by atoms with Crippen LogP contribution in [-0.4, -0.2) is 19.6 Å². The molecule has 0 spiro atoms. The third kappa shape index (κ3) is 8.02. The predicted molar refractivity (Wildman–Crippen MR) is 84.5 cm³/mol. The van der Waals surface area contributed by atoms with Crippen molar-refractivity contribution in [1.82, 2.24) is 10.6 Å². The zero-order chi connectivity index (χ0) is 13.8. The highest BCUT2D eigenvalue weighted by Gasteiger charge is 2.02. The molecule has 2 nitrogen and oxygen atoms in total.